The summed E-state index contributed by atoms with van der Waals surface area (Å²) in [4.78, 5) is 55.0. The maximum Gasteiger partial charge on any atom is 0.275 e. The van der Waals surface area contributed by atoms with Crippen LogP contribution in [0.5, 0.6) is 0 Å². The molecule has 0 spiro atoms. The SMILES string of the molecule is CN[C@H](C)C(=O)Nc1ccc(-c2cccc(NC(C)=O)c2)n(Cc2cncc(C(=O)c3ccc(F)cc3)c2)c1=O. The number of hydrogen-bond donors (Lipinski definition) is 3. The van der Waals surface area contributed by atoms with Crippen molar-refractivity contribution >= 4 is 29.0 Å². The maximum absolute atomic E-state index is 13.7. The fourth-order valence-electron chi connectivity index (χ4n) is 4.06. The third-order valence-electron chi connectivity index (χ3n) is 6.24. The van der Waals surface area contributed by atoms with E-state index in [1.165, 1.54) is 48.0 Å². The van der Waals surface area contributed by atoms with Gasteiger partial charge in [-0.25, -0.2) is 4.39 Å². The zero-order valence-electron chi connectivity index (χ0n) is 22.2. The number of likely N-dealkylation sites (N-methyl/N-ethyl adjacent to an activating group) is 1. The third kappa shape index (κ3) is 6.54. The zero-order chi connectivity index (χ0) is 28.8. The standard InChI is InChI=1S/C30H28FN5O4/c1-18(32-3)29(39)35-26-11-12-27(22-5-4-6-25(14-22)34-19(2)37)36(30(26)40)17-20-13-23(16-33-15-20)28(38)21-7-9-24(31)10-8-21/h4-16,18,32H,17H2,1-3H3,(H,34,37)(H,35,39)/t18-/m1/s1. The van der Waals surface area contributed by atoms with Gasteiger partial charge in [-0.1, -0.05) is 12.1 Å². The van der Waals surface area contributed by atoms with Gasteiger partial charge in [0, 0.05) is 41.7 Å². The van der Waals surface area contributed by atoms with Crippen LogP contribution in [0.15, 0.2) is 83.9 Å². The van der Waals surface area contributed by atoms with Crippen LogP contribution in [-0.2, 0) is 16.1 Å². The van der Waals surface area contributed by atoms with E-state index in [1.807, 2.05) is 0 Å². The highest BCUT2D eigenvalue weighted by molar-refractivity contribution is 6.08. The summed E-state index contributed by atoms with van der Waals surface area (Å²) in [6, 6.07) is 16.6. The van der Waals surface area contributed by atoms with E-state index in [1.54, 1.807) is 56.6 Å². The van der Waals surface area contributed by atoms with Gasteiger partial charge < -0.3 is 20.5 Å². The Morgan fingerprint density at radius 2 is 1.70 bits per heavy atom. The Bertz CT molecular complexity index is 1630. The number of carbonyl (C=O) groups is 3. The molecule has 2 amide bonds. The molecule has 4 rings (SSSR count). The number of pyridine rings is 2. The van der Waals surface area contributed by atoms with E-state index in [4.69, 9.17) is 0 Å². The van der Waals surface area contributed by atoms with E-state index in [9.17, 15) is 23.6 Å². The van der Waals surface area contributed by atoms with Crippen LogP contribution in [0.4, 0.5) is 15.8 Å². The molecule has 4 aromatic rings. The minimum Gasteiger partial charge on any atom is -0.326 e. The Labute approximate surface area is 230 Å². The van der Waals surface area contributed by atoms with Crippen LogP contribution in [-0.4, -0.2) is 40.2 Å². The molecule has 10 heteroatoms. The first kappa shape index (κ1) is 28.1. The van der Waals surface area contributed by atoms with Crippen molar-refractivity contribution in [3.05, 3.63) is 112 Å². The van der Waals surface area contributed by atoms with Gasteiger partial charge in [-0.05, 0) is 74.1 Å². The molecule has 40 heavy (non-hydrogen) atoms. The van der Waals surface area contributed by atoms with Crippen LogP contribution in [0, 0.1) is 5.82 Å². The Morgan fingerprint density at radius 1 is 0.950 bits per heavy atom. The molecular formula is C30H28FN5O4. The molecule has 0 radical (unpaired) electrons. The third-order valence-corrected chi connectivity index (χ3v) is 6.24. The highest BCUT2D eigenvalue weighted by Crippen LogP contribution is 2.24. The lowest BCUT2D eigenvalue weighted by atomic mass is 10.0. The van der Waals surface area contributed by atoms with Gasteiger partial charge in [0.25, 0.3) is 5.56 Å². The Kier molecular flexibility index (Phi) is 8.60. The van der Waals surface area contributed by atoms with Gasteiger partial charge in [0.2, 0.25) is 11.8 Å². The van der Waals surface area contributed by atoms with Gasteiger partial charge in [-0.2, -0.15) is 0 Å². The summed E-state index contributed by atoms with van der Waals surface area (Å²) >= 11 is 0. The second kappa shape index (κ2) is 12.3. The summed E-state index contributed by atoms with van der Waals surface area (Å²) in [6.45, 7) is 3.10. The predicted molar refractivity (Wildman–Crippen MR) is 151 cm³/mol. The Morgan fingerprint density at radius 3 is 2.40 bits per heavy atom. The van der Waals surface area contributed by atoms with Gasteiger partial charge in [0.1, 0.15) is 11.5 Å². The number of amides is 2. The molecule has 0 saturated heterocycles. The smallest absolute Gasteiger partial charge is 0.275 e. The highest BCUT2D eigenvalue weighted by Gasteiger charge is 2.17. The first-order valence-electron chi connectivity index (χ1n) is 12.5. The minimum atomic E-state index is -0.528. The van der Waals surface area contributed by atoms with E-state index in [2.05, 4.69) is 20.9 Å². The van der Waals surface area contributed by atoms with Crippen molar-refractivity contribution in [3.63, 3.8) is 0 Å². The number of aromatic nitrogens is 2. The summed E-state index contributed by atoms with van der Waals surface area (Å²) in [6.07, 6.45) is 2.95. The largest absolute Gasteiger partial charge is 0.326 e. The van der Waals surface area contributed by atoms with Crippen LogP contribution in [0.1, 0.15) is 35.3 Å². The predicted octanol–water partition coefficient (Wildman–Crippen LogP) is 3.83. The lowest BCUT2D eigenvalue weighted by Crippen LogP contribution is -2.37. The molecule has 0 aliphatic rings. The van der Waals surface area contributed by atoms with Crippen LogP contribution >= 0.6 is 0 Å². The number of ketones is 1. The fourth-order valence-corrected chi connectivity index (χ4v) is 4.06. The van der Waals surface area contributed by atoms with Crippen LogP contribution in [0.2, 0.25) is 0 Å². The van der Waals surface area contributed by atoms with Crippen LogP contribution in [0.25, 0.3) is 11.3 Å². The molecule has 0 bridgehead atoms. The monoisotopic (exact) mass is 541 g/mol. The molecule has 204 valence electrons. The molecule has 2 heterocycles. The molecule has 0 saturated carbocycles. The summed E-state index contributed by atoms with van der Waals surface area (Å²) in [7, 11) is 1.64. The van der Waals surface area contributed by atoms with E-state index in [0.29, 0.717) is 28.1 Å². The first-order valence-corrected chi connectivity index (χ1v) is 12.5. The quantitative estimate of drug-likeness (QED) is 0.277. The highest BCUT2D eigenvalue weighted by atomic mass is 19.1. The molecule has 2 aromatic heterocycles. The van der Waals surface area contributed by atoms with Gasteiger partial charge >= 0.3 is 0 Å². The second-order valence-corrected chi connectivity index (χ2v) is 9.20. The number of rotatable bonds is 9. The fraction of sp³-hybridized carbons (Fsp3) is 0.167. The molecule has 0 unspecified atom stereocenters. The number of carbonyl (C=O) groups excluding carboxylic acids is 3. The number of anilines is 2. The molecule has 2 aromatic carbocycles. The number of nitrogens with zero attached hydrogens (tertiary/aromatic N) is 2. The lowest BCUT2D eigenvalue weighted by Gasteiger charge is -2.17. The molecule has 0 aliphatic carbocycles. The van der Waals surface area contributed by atoms with Crippen molar-refractivity contribution in [1.29, 1.82) is 0 Å². The number of halogens is 1. The molecule has 0 fully saturated rings. The molecule has 1 atom stereocenters. The van der Waals surface area contributed by atoms with E-state index in [-0.39, 0.29) is 35.4 Å². The average Bonchev–Trinajstić information content (AvgIpc) is 2.94. The Hall–Kier alpha value is -4.96. The molecule has 9 nitrogen and oxygen atoms in total. The second-order valence-electron chi connectivity index (χ2n) is 9.20. The Balaban J connectivity index is 1.77. The molecule has 3 N–H and O–H groups in total. The van der Waals surface area contributed by atoms with Gasteiger partial charge in [-0.3, -0.25) is 24.2 Å². The summed E-state index contributed by atoms with van der Waals surface area (Å²) in [5.41, 5.74) is 2.48. The van der Waals surface area contributed by atoms with Gasteiger partial charge in [0.05, 0.1) is 18.3 Å². The van der Waals surface area contributed by atoms with E-state index in [0.717, 1.165) is 0 Å². The average molecular weight is 542 g/mol. The summed E-state index contributed by atoms with van der Waals surface area (Å²) < 4.78 is 14.8. The molecule has 0 aliphatic heterocycles. The van der Waals surface area contributed by atoms with Crippen molar-refractivity contribution in [2.75, 3.05) is 17.7 Å². The van der Waals surface area contributed by atoms with Crippen LogP contribution in [0.3, 0.4) is 0 Å². The van der Waals surface area contributed by atoms with Gasteiger partial charge in [0.15, 0.2) is 5.78 Å². The van der Waals surface area contributed by atoms with Gasteiger partial charge in [-0.15, -0.1) is 0 Å². The van der Waals surface area contributed by atoms with Crippen molar-refractivity contribution in [1.82, 2.24) is 14.9 Å². The van der Waals surface area contributed by atoms with Crippen molar-refractivity contribution in [2.45, 2.75) is 26.4 Å². The molecular weight excluding hydrogens is 513 g/mol. The van der Waals surface area contributed by atoms with E-state index >= 15 is 0 Å². The summed E-state index contributed by atoms with van der Waals surface area (Å²) in [5, 5.41) is 8.23. The van der Waals surface area contributed by atoms with Crippen molar-refractivity contribution in [3.8, 4) is 11.3 Å². The number of nitrogens with one attached hydrogen (secondary N) is 3. The zero-order valence-corrected chi connectivity index (χ0v) is 22.2. The number of hydrogen-bond acceptors (Lipinski definition) is 6. The number of benzene rings is 2. The van der Waals surface area contributed by atoms with Crippen molar-refractivity contribution in [2.24, 2.45) is 0 Å². The normalized spacial score (nSPS) is 11.5. The lowest BCUT2D eigenvalue weighted by molar-refractivity contribution is -0.117. The maximum atomic E-state index is 13.7. The van der Waals surface area contributed by atoms with Crippen LogP contribution < -0.4 is 21.5 Å². The minimum absolute atomic E-state index is 0.0291. The van der Waals surface area contributed by atoms with E-state index < -0.39 is 17.4 Å². The van der Waals surface area contributed by atoms with Crippen molar-refractivity contribution < 1.29 is 18.8 Å². The topological polar surface area (TPSA) is 122 Å². The first-order chi connectivity index (χ1) is 19.2. The summed E-state index contributed by atoms with van der Waals surface area (Å²) in [5.74, 6) is -1.40.